The molecule has 1 unspecified atom stereocenters. The highest BCUT2D eigenvalue weighted by Gasteiger charge is 2.36. The Morgan fingerprint density at radius 2 is 2.00 bits per heavy atom. The van der Waals surface area contributed by atoms with Crippen molar-refractivity contribution in [3.8, 4) is 5.69 Å². The summed E-state index contributed by atoms with van der Waals surface area (Å²) < 4.78 is 15.1. The summed E-state index contributed by atoms with van der Waals surface area (Å²) in [6.07, 6.45) is 0.0319. The van der Waals surface area contributed by atoms with E-state index in [9.17, 15) is 14.0 Å². The van der Waals surface area contributed by atoms with Crippen LogP contribution in [0.4, 0.5) is 10.2 Å². The fourth-order valence-corrected chi connectivity index (χ4v) is 3.51. The Labute approximate surface area is 159 Å². The molecule has 136 valence electrons. The van der Waals surface area contributed by atoms with Crippen LogP contribution in [-0.2, 0) is 4.79 Å². The van der Waals surface area contributed by atoms with Gasteiger partial charge in [-0.3, -0.25) is 9.59 Å². The number of carbonyl (C=O) groups excluding carboxylic acids is 2. The normalized spacial score (nSPS) is 16.0. The SMILES string of the molecule is Cc1nn(-c2cccc(F)c2)c2c1C(C(=O)c1ccc(Cl)cc1)CC(=O)N2. The molecule has 1 N–H and O–H groups in total. The van der Waals surface area contributed by atoms with Crippen molar-refractivity contribution >= 4 is 29.1 Å². The molecule has 5 nitrogen and oxygen atoms in total. The molecule has 7 heteroatoms. The van der Waals surface area contributed by atoms with E-state index in [1.54, 1.807) is 43.3 Å². The summed E-state index contributed by atoms with van der Waals surface area (Å²) in [4.78, 5) is 25.3. The van der Waals surface area contributed by atoms with Gasteiger partial charge in [0, 0.05) is 22.6 Å². The van der Waals surface area contributed by atoms with Gasteiger partial charge in [-0.15, -0.1) is 0 Å². The number of aromatic nitrogens is 2. The number of anilines is 1. The van der Waals surface area contributed by atoms with Gasteiger partial charge in [-0.1, -0.05) is 17.7 Å². The van der Waals surface area contributed by atoms with Crippen LogP contribution in [0.1, 0.15) is 34.0 Å². The third-order valence-electron chi connectivity index (χ3n) is 4.60. The van der Waals surface area contributed by atoms with Gasteiger partial charge < -0.3 is 5.32 Å². The maximum absolute atomic E-state index is 13.6. The number of hydrogen-bond acceptors (Lipinski definition) is 3. The number of benzene rings is 2. The summed E-state index contributed by atoms with van der Waals surface area (Å²) in [6, 6.07) is 12.5. The average molecular weight is 384 g/mol. The minimum absolute atomic E-state index is 0.0319. The van der Waals surface area contributed by atoms with E-state index in [0.29, 0.717) is 33.3 Å². The van der Waals surface area contributed by atoms with Crippen molar-refractivity contribution in [3.05, 3.63) is 76.2 Å². The molecular weight excluding hydrogens is 369 g/mol. The first-order valence-electron chi connectivity index (χ1n) is 8.39. The number of carbonyl (C=O) groups is 2. The Bertz CT molecular complexity index is 1060. The number of rotatable bonds is 3. The van der Waals surface area contributed by atoms with Gasteiger partial charge in [0.25, 0.3) is 0 Å². The van der Waals surface area contributed by atoms with Gasteiger partial charge in [0.1, 0.15) is 11.6 Å². The largest absolute Gasteiger partial charge is 0.310 e. The van der Waals surface area contributed by atoms with Gasteiger partial charge in [-0.05, 0) is 49.4 Å². The highest BCUT2D eigenvalue weighted by molar-refractivity contribution is 6.30. The lowest BCUT2D eigenvalue weighted by molar-refractivity contribution is -0.116. The Kier molecular flexibility index (Phi) is 4.28. The summed E-state index contributed by atoms with van der Waals surface area (Å²) in [6.45, 7) is 1.77. The Hall–Kier alpha value is -2.99. The van der Waals surface area contributed by atoms with Crippen LogP contribution in [0, 0.1) is 12.7 Å². The molecule has 0 radical (unpaired) electrons. The van der Waals surface area contributed by atoms with Gasteiger partial charge in [0.15, 0.2) is 5.78 Å². The van der Waals surface area contributed by atoms with Crippen LogP contribution in [-0.4, -0.2) is 21.5 Å². The number of aryl methyl sites for hydroxylation is 1. The molecule has 1 aliphatic rings. The highest BCUT2D eigenvalue weighted by Crippen LogP contribution is 2.38. The van der Waals surface area contributed by atoms with Gasteiger partial charge in [0.05, 0.1) is 17.3 Å². The van der Waals surface area contributed by atoms with E-state index in [-0.39, 0.29) is 18.1 Å². The van der Waals surface area contributed by atoms with Gasteiger partial charge in [-0.2, -0.15) is 5.10 Å². The zero-order valence-electron chi connectivity index (χ0n) is 14.4. The molecule has 1 aliphatic heterocycles. The van der Waals surface area contributed by atoms with E-state index in [1.807, 2.05) is 0 Å². The van der Waals surface area contributed by atoms with Crippen molar-refractivity contribution < 1.29 is 14.0 Å². The number of ketones is 1. The van der Waals surface area contributed by atoms with E-state index in [4.69, 9.17) is 11.6 Å². The maximum atomic E-state index is 13.6. The predicted molar refractivity (Wildman–Crippen MR) is 100 cm³/mol. The minimum Gasteiger partial charge on any atom is -0.310 e. The van der Waals surface area contributed by atoms with Crippen LogP contribution < -0.4 is 5.32 Å². The number of fused-ring (bicyclic) bond motifs is 1. The molecule has 1 atom stereocenters. The van der Waals surface area contributed by atoms with Crippen molar-refractivity contribution in [2.24, 2.45) is 0 Å². The monoisotopic (exact) mass is 383 g/mol. The molecule has 0 saturated carbocycles. The summed E-state index contributed by atoms with van der Waals surface area (Å²) in [5.41, 5.74) is 2.21. The molecule has 27 heavy (non-hydrogen) atoms. The molecule has 1 aromatic heterocycles. The standard InChI is InChI=1S/C20H15ClFN3O2/c1-11-18-16(19(27)12-5-7-13(21)8-6-12)10-17(26)23-20(18)25(24-11)15-4-2-3-14(22)9-15/h2-9,16H,10H2,1H3,(H,23,26). The fraction of sp³-hybridized carbons (Fsp3) is 0.150. The van der Waals surface area contributed by atoms with Crippen LogP contribution in [0.3, 0.4) is 0 Å². The number of Topliss-reactive ketones (excluding diaryl/α,β-unsaturated/α-hetero) is 1. The second-order valence-corrected chi connectivity index (χ2v) is 6.85. The number of amides is 1. The zero-order valence-corrected chi connectivity index (χ0v) is 15.1. The van der Waals surface area contributed by atoms with E-state index >= 15 is 0 Å². The molecule has 1 amide bonds. The molecule has 4 rings (SSSR count). The molecule has 2 aromatic carbocycles. The minimum atomic E-state index is -0.655. The fourth-order valence-electron chi connectivity index (χ4n) is 3.38. The third kappa shape index (κ3) is 3.13. The number of nitrogens with one attached hydrogen (secondary N) is 1. The lowest BCUT2D eigenvalue weighted by Crippen LogP contribution is -2.28. The molecule has 3 aromatic rings. The van der Waals surface area contributed by atoms with E-state index in [1.165, 1.54) is 16.8 Å². The van der Waals surface area contributed by atoms with Crippen molar-refractivity contribution in [1.82, 2.24) is 9.78 Å². The van der Waals surface area contributed by atoms with Crippen LogP contribution in [0.25, 0.3) is 5.69 Å². The average Bonchev–Trinajstić information content (AvgIpc) is 2.97. The highest BCUT2D eigenvalue weighted by atomic mass is 35.5. The van der Waals surface area contributed by atoms with Crippen LogP contribution in [0.5, 0.6) is 0 Å². The van der Waals surface area contributed by atoms with Crippen molar-refractivity contribution in [1.29, 1.82) is 0 Å². The van der Waals surface area contributed by atoms with E-state index in [2.05, 4.69) is 10.4 Å². The van der Waals surface area contributed by atoms with Crippen LogP contribution in [0.2, 0.25) is 5.02 Å². The first kappa shape index (κ1) is 17.4. The number of nitrogens with zero attached hydrogens (tertiary/aromatic N) is 2. The molecule has 0 aliphatic carbocycles. The Morgan fingerprint density at radius 1 is 1.26 bits per heavy atom. The number of halogens is 2. The van der Waals surface area contributed by atoms with Crippen molar-refractivity contribution in [2.75, 3.05) is 5.32 Å². The smallest absolute Gasteiger partial charge is 0.226 e. The van der Waals surface area contributed by atoms with Gasteiger partial charge >= 0.3 is 0 Å². The topological polar surface area (TPSA) is 64.0 Å². The van der Waals surface area contributed by atoms with Crippen LogP contribution >= 0.6 is 11.6 Å². The van der Waals surface area contributed by atoms with Crippen LogP contribution in [0.15, 0.2) is 48.5 Å². The summed E-state index contributed by atoms with van der Waals surface area (Å²) in [5, 5.41) is 7.75. The Balaban J connectivity index is 1.82. The van der Waals surface area contributed by atoms with E-state index in [0.717, 1.165) is 0 Å². The molecule has 0 saturated heterocycles. The lowest BCUT2D eigenvalue weighted by Gasteiger charge is -2.23. The number of hydrogen-bond donors (Lipinski definition) is 1. The van der Waals surface area contributed by atoms with Crippen molar-refractivity contribution in [2.45, 2.75) is 19.3 Å². The first-order chi connectivity index (χ1) is 12.9. The molecular formula is C20H15ClFN3O2. The molecule has 0 spiro atoms. The van der Waals surface area contributed by atoms with Gasteiger partial charge in [0.2, 0.25) is 5.91 Å². The first-order valence-corrected chi connectivity index (χ1v) is 8.77. The summed E-state index contributed by atoms with van der Waals surface area (Å²) >= 11 is 5.90. The maximum Gasteiger partial charge on any atom is 0.226 e. The second kappa shape index (κ2) is 6.63. The van der Waals surface area contributed by atoms with E-state index < -0.39 is 11.7 Å². The van der Waals surface area contributed by atoms with Crippen molar-refractivity contribution in [3.63, 3.8) is 0 Å². The lowest BCUT2D eigenvalue weighted by atomic mass is 9.85. The predicted octanol–water partition coefficient (Wildman–Crippen LogP) is 4.28. The Morgan fingerprint density at radius 3 is 2.70 bits per heavy atom. The quantitative estimate of drug-likeness (QED) is 0.686. The molecule has 0 bridgehead atoms. The third-order valence-corrected chi connectivity index (χ3v) is 4.85. The summed E-state index contributed by atoms with van der Waals surface area (Å²) in [5.74, 6) is -1.12. The summed E-state index contributed by atoms with van der Waals surface area (Å²) in [7, 11) is 0. The molecule has 0 fully saturated rings. The molecule has 2 heterocycles. The second-order valence-electron chi connectivity index (χ2n) is 6.42. The van der Waals surface area contributed by atoms with Gasteiger partial charge in [-0.25, -0.2) is 9.07 Å². The zero-order chi connectivity index (χ0) is 19.1.